The lowest BCUT2D eigenvalue weighted by Crippen LogP contribution is -2.44. The minimum absolute atomic E-state index is 0.0990. The topological polar surface area (TPSA) is 29.5 Å². The number of hydrogen-bond acceptors (Lipinski definition) is 2. The van der Waals surface area contributed by atoms with Gasteiger partial charge in [-0.05, 0) is 35.0 Å². The van der Waals surface area contributed by atoms with E-state index in [0.717, 1.165) is 12.1 Å². The highest BCUT2D eigenvalue weighted by Gasteiger charge is 2.27. The van der Waals surface area contributed by atoms with Crippen molar-refractivity contribution in [2.24, 2.45) is 0 Å². The van der Waals surface area contributed by atoms with Crippen LogP contribution in [-0.2, 0) is 4.74 Å². The molecule has 1 aromatic carbocycles. The van der Waals surface area contributed by atoms with Crippen LogP contribution in [0.5, 0.6) is 0 Å². The number of hydrogen-bond donors (Lipinski definition) is 0. The summed E-state index contributed by atoms with van der Waals surface area (Å²) in [6, 6.07) is 1.94. The van der Waals surface area contributed by atoms with Crippen molar-refractivity contribution >= 4 is 21.8 Å². The molecular weight excluding hydrogens is 308 g/mol. The van der Waals surface area contributed by atoms with Gasteiger partial charge in [0.25, 0.3) is 5.91 Å². The van der Waals surface area contributed by atoms with Crippen molar-refractivity contribution in [3.05, 3.63) is 33.8 Å². The van der Waals surface area contributed by atoms with Gasteiger partial charge in [0, 0.05) is 13.1 Å². The highest BCUT2D eigenvalue weighted by atomic mass is 79.9. The van der Waals surface area contributed by atoms with E-state index < -0.39 is 17.5 Å². The Balaban J connectivity index is 2.31. The lowest BCUT2D eigenvalue weighted by Gasteiger charge is -2.31. The van der Waals surface area contributed by atoms with Crippen LogP contribution in [0.1, 0.15) is 17.3 Å². The second-order valence-corrected chi connectivity index (χ2v) is 4.94. The van der Waals surface area contributed by atoms with Crippen LogP contribution in [0.4, 0.5) is 8.78 Å². The number of halogens is 3. The lowest BCUT2D eigenvalue weighted by atomic mass is 10.1. The van der Waals surface area contributed by atoms with Gasteiger partial charge in [0.05, 0.1) is 22.7 Å². The molecule has 1 fully saturated rings. The molecule has 0 bridgehead atoms. The van der Waals surface area contributed by atoms with Crippen molar-refractivity contribution < 1.29 is 18.3 Å². The van der Waals surface area contributed by atoms with Crippen molar-refractivity contribution in [3.8, 4) is 0 Å². The Hall–Kier alpha value is -1.01. The molecule has 0 N–H and O–H groups in total. The highest BCUT2D eigenvalue weighted by Crippen LogP contribution is 2.25. The summed E-state index contributed by atoms with van der Waals surface area (Å²) in [6.45, 7) is 2.99. The zero-order valence-electron chi connectivity index (χ0n) is 9.75. The molecule has 2 rings (SSSR count). The van der Waals surface area contributed by atoms with Gasteiger partial charge < -0.3 is 9.64 Å². The fourth-order valence-corrected chi connectivity index (χ4v) is 2.38. The van der Waals surface area contributed by atoms with E-state index in [2.05, 4.69) is 15.9 Å². The van der Waals surface area contributed by atoms with Crippen LogP contribution >= 0.6 is 15.9 Å². The molecule has 98 valence electrons. The summed E-state index contributed by atoms with van der Waals surface area (Å²) in [6.07, 6.45) is -0.0990. The Kier molecular flexibility index (Phi) is 3.97. The van der Waals surface area contributed by atoms with Crippen molar-refractivity contribution in [1.29, 1.82) is 0 Å². The van der Waals surface area contributed by atoms with Crippen LogP contribution < -0.4 is 0 Å². The van der Waals surface area contributed by atoms with Gasteiger partial charge in [0.1, 0.15) is 11.6 Å². The van der Waals surface area contributed by atoms with Crippen LogP contribution in [0.25, 0.3) is 0 Å². The van der Waals surface area contributed by atoms with Gasteiger partial charge in [-0.2, -0.15) is 0 Å². The largest absolute Gasteiger partial charge is 0.375 e. The molecule has 3 nitrogen and oxygen atoms in total. The van der Waals surface area contributed by atoms with Gasteiger partial charge in [-0.1, -0.05) is 0 Å². The molecule has 1 saturated heterocycles. The number of nitrogens with zero attached hydrogens (tertiary/aromatic N) is 1. The van der Waals surface area contributed by atoms with E-state index in [-0.39, 0.29) is 16.1 Å². The first-order valence-electron chi connectivity index (χ1n) is 5.55. The van der Waals surface area contributed by atoms with E-state index in [1.54, 1.807) is 0 Å². The molecule has 0 spiro atoms. The third kappa shape index (κ3) is 2.54. The Morgan fingerprint density at radius 1 is 1.44 bits per heavy atom. The van der Waals surface area contributed by atoms with Gasteiger partial charge in [0.15, 0.2) is 0 Å². The molecule has 1 aliphatic rings. The maximum Gasteiger partial charge on any atom is 0.258 e. The van der Waals surface area contributed by atoms with Crippen LogP contribution in [0.15, 0.2) is 16.6 Å². The average molecular weight is 320 g/mol. The molecule has 1 heterocycles. The molecule has 0 radical (unpaired) electrons. The first kappa shape index (κ1) is 13.4. The van der Waals surface area contributed by atoms with Crippen LogP contribution in [0.2, 0.25) is 0 Å². The second kappa shape index (κ2) is 5.32. The molecule has 1 atom stereocenters. The van der Waals surface area contributed by atoms with E-state index in [4.69, 9.17) is 4.74 Å². The third-order valence-electron chi connectivity index (χ3n) is 2.79. The summed E-state index contributed by atoms with van der Waals surface area (Å²) in [5, 5.41) is 0. The zero-order chi connectivity index (χ0) is 13.3. The zero-order valence-corrected chi connectivity index (χ0v) is 11.3. The molecular formula is C12H12BrF2NO2. The predicted octanol–water partition coefficient (Wildman–Crippen LogP) is 2.59. The quantitative estimate of drug-likeness (QED) is 0.745. The highest BCUT2D eigenvalue weighted by molar-refractivity contribution is 9.10. The maximum absolute atomic E-state index is 13.7. The molecule has 1 aromatic rings. The Morgan fingerprint density at radius 3 is 2.78 bits per heavy atom. The summed E-state index contributed by atoms with van der Waals surface area (Å²) in [5.74, 6) is -1.90. The first-order valence-corrected chi connectivity index (χ1v) is 6.34. The summed E-state index contributed by atoms with van der Waals surface area (Å²) in [4.78, 5) is 13.6. The maximum atomic E-state index is 13.7. The van der Waals surface area contributed by atoms with Crippen molar-refractivity contribution in [3.63, 3.8) is 0 Å². The number of carbonyl (C=O) groups is 1. The third-order valence-corrected chi connectivity index (χ3v) is 3.56. The molecule has 0 saturated carbocycles. The standard InChI is InChI=1S/C12H12BrF2NO2/c1-7-6-16(4-5-18-7)12(17)10-8(14)2-3-9(15)11(10)13/h2-3,7H,4-6H2,1H3/t7-/m0/s1. The van der Waals surface area contributed by atoms with Gasteiger partial charge in [0.2, 0.25) is 0 Å². The van der Waals surface area contributed by atoms with E-state index in [1.807, 2.05) is 6.92 Å². The fraction of sp³-hybridized carbons (Fsp3) is 0.417. The van der Waals surface area contributed by atoms with Crippen molar-refractivity contribution in [2.45, 2.75) is 13.0 Å². The SMILES string of the molecule is C[C@H]1CN(C(=O)c2c(F)ccc(F)c2Br)CCO1. The molecule has 1 amide bonds. The molecule has 0 unspecified atom stereocenters. The molecule has 6 heteroatoms. The summed E-state index contributed by atoms with van der Waals surface area (Å²) in [7, 11) is 0. The minimum Gasteiger partial charge on any atom is -0.375 e. The average Bonchev–Trinajstić information content (AvgIpc) is 2.34. The number of rotatable bonds is 1. The number of morpholine rings is 1. The monoisotopic (exact) mass is 319 g/mol. The fourth-order valence-electron chi connectivity index (χ4n) is 1.88. The van der Waals surface area contributed by atoms with E-state index in [0.29, 0.717) is 19.7 Å². The molecule has 18 heavy (non-hydrogen) atoms. The van der Waals surface area contributed by atoms with Crippen LogP contribution in [-0.4, -0.2) is 36.6 Å². The van der Waals surface area contributed by atoms with Crippen molar-refractivity contribution in [1.82, 2.24) is 4.90 Å². The predicted molar refractivity (Wildman–Crippen MR) is 65.4 cm³/mol. The number of amides is 1. The van der Waals surface area contributed by atoms with Gasteiger partial charge >= 0.3 is 0 Å². The minimum atomic E-state index is -0.729. The Bertz CT molecular complexity index is 481. The second-order valence-electron chi connectivity index (χ2n) is 4.15. The molecule has 1 aliphatic heterocycles. The van der Waals surface area contributed by atoms with Crippen LogP contribution in [0, 0.1) is 11.6 Å². The van der Waals surface area contributed by atoms with Crippen molar-refractivity contribution in [2.75, 3.05) is 19.7 Å². The first-order chi connectivity index (χ1) is 8.50. The van der Waals surface area contributed by atoms with E-state index >= 15 is 0 Å². The van der Waals surface area contributed by atoms with Gasteiger partial charge in [-0.25, -0.2) is 8.78 Å². The smallest absolute Gasteiger partial charge is 0.258 e. The summed E-state index contributed by atoms with van der Waals surface area (Å²) < 4.78 is 32.2. The van der Waals surface area contributed by atoms with E-state index in [9.17, 15) is 13.6 Å². The normalized spacial score (nSPS) is 20.0. The van der Waals surface area contributed by atoms with Gasteiger partial charge in [-0.15, -0.1) is 0 Å². The number of carbonyl (C=O) groups excluding carboxylic acids is 1. The number of ether oxygens (including phenoxy) is 1. The summed E-state index contributed by atoms with van der Waals surface area (Å²) >= 11 is 2.92. The van der Waals surface area contributed by atoms with Gasteiger partial charge in [-0.3, -0.25) is 4.79 Å². The Morgan fingerprint density at radius 2 is 2.11 bits per heavy atom. The molecule has 0 aliphatic carbocycles. The van der Waals surface area contributed by atoms with Crippen LogP contribution in [0.3, 0.4) is 0 Å². The van der Waals surface area contributed by atoms with E-state index in [1.165, 1.54) is 4.90 Å². The molecule has 0 aromatic heterocycles. The Labute approximate surface area is 112 Å². The lowest BCUT2D eigenvalue weighted by molar-refractivity contribution is -0.0126. The summed E-state index contributed by atoms with van der Waals surface area (Å²) in [5.41, 5.74) is -0.260. The number of benzene rings is 1.